The quantitative estimate of drug-likeness (QED) is 0.717. The predicted molar refractivity (Wildman–Crippen MR) is 63.0 cm³/mol. The van der Waals surface area contributed by atoms with Gasteiger partial charge in [-0.2, -0.15) is 0 Å². The highest BCUT2D eigenvalue weighted by atomic mass is 16.7. The smallest absolute Gasteiger partial charge is 0.231 e. The highest BCUT2D eigenvalue weighted by molar-refractivity contribution is 5.53. The van der Waals surface area contributed by atoms with Crippen molar-refractivity contribution in [1.29, 1.82) is 0 Å². The summed E-state index contributed by atoms with van der Waals surface area (Å²) >= 11 is 0. The largest absolute Gasteiger partial charge is 0.485 e. The third-order valence-corrected chi connectivity index (χ3v) is 3.96. The van der Waals surface area contributed by atoms with E-state index in [2.05, 4.69) is 5.32 Å². The Kier molecular flexibility index (Phi) is 2.05. The van der Waals surface area contributed by atoms with Gasteiger partial charge in [0.1, 0.15) is 11.4 Å². The fourth-order valence-corrected chi connectivity index (χ4v) is 3.01. The summed E-state index contributed by atoms with van der Waals surface area (Å²) in [4.78, 5) is 0. The van der Waals surface area contributed by atoms with E-state index in [-0.39, 0.29) is 12.4 Å². The van der Waals surface area contributed by atoms with Gasteiger partial charge in [-0.1, -0.05) is 0 Å². The molecule has 3 heterocycles. The van der Waals surface area contributed by atoms with Crippen LogP contribution in [0.1, 0.15) is 24.5 Å². The topological polar surface area (TPSA) is 60.0 Å². The molecule has 1 fully saturated rings. The molecule has 3 aliphatic rings. The molecule has 5 heteroatoms. The molecule has 2 unspecified atom stereocenters. The van der Waals surface area contributed by atoms with Gasteiger partial charge in [0.15, 0.2) is 11.5 Å². The Hall–Kier alpha value is -1.46. The van der Waals surface area contributed by atoms with E-state index in [1.54, 1.807) is 0 Å². The summed E-state index contributed by atoms with van der Waals surface area (Å²) < 4.78 is 16.8. The lowest BCUT2D eigenvalue weighted by molar-refractivity contribution is -0.000431. The first-order valence-electron chi connectivity index (χ1n) is 6.27. The van der Waals surface area contributed by atoms with Crippen LogP contribution >= 0.6 is 0 Å². The summed E-state index contributed by atoms with van der Waals surface area (Å²) in [6.45, 7) is 1.96. The highest BCUT2D eigenvalue weighted by Crippen LogP contribution is 2.47. The lowest BCUT2D eigenvalue weighted by Crippen LogP contribution is -2.42. The van der Waals surface area contributed by atoms with Crippen molar-refractivity contribution in [2.24, 2.45) is 0 Å². The van der Waals surface area contributed by atoms with E-state index >= 15 is 0 Å². The molecule has 0 aromatic heterocycles. The summed E-state index contributed by atoms with van der Waals surface area (Å²) in [6.07, 6.45) is 1.06. The number of hydrogen-bond donors (Lipinski definition) is 2. The van der Waals surface area contributed by atoms with Crippen molar-refractivity contribution in [1.82, 2.24) is 5.32 Å². The van der Waals surface area contributed by atoms with E-state index in [0.717, 1.165) is 30.8 Å². The van der Waals surface area contributed by atoms with Crippen molar-refractivity contribution in [3.63, 3.8) is 0 Å². The summed E-state index contributed by atoms with van der Waals surface area (Å²) in [7, 11) is 0. The molecular weight excluding hydrogens is 234 g/mol. The van der Waals surface area contributed by atoms with Crippen molar-refractivity contribution in [2.45, 2.75) is 24.5 Å². The van der Waals surface area contributed by atoms with Gasteiger partial charge < -0.3 is 24.6 Å². The van der Waals surface area contributed by atoms with Gasteiger partial charge in [-0.25, -0.2) is 0 Å². The molecule has 2 atom stereocenters. The molecule has 1 saturated heterocycles. The second-order valence-electron chi connectivity index (χ2n) is 5.18. The molecule has 5 nitrogen and oxygen atoms in total. The molecule has 96 valence electrons. The SMILES string of the molecule is OC1CC2(CCNC2)Oc2cc3c(cc21)OCO3. The molecule has 18 heavy (non-hydrogen) atoms. The summed E-state index contributed by atoms with van der Waals surface area (Å²) in [5.41, 5.74) is 0.539. The third-order valence-electron chi connectivity index (χ3n) is 3.96. The maximum Gasteiger partial charge on any atom is 0.231 e. The molecule has 2 N–H and O–H groups in total. The van der Waals surface area contributed by atoms with Gasteiger partial charge >= 0.3 is 0 Å². The maximum atomic E-state index is 10.3. The molecular formula is C13H15NO4. The Labute approximate surface area is 105 Å². The van der Waals surface area contributed by atoms with Crippen LogP contribution in [-0.4, -0.2) is 30.6 Å². The lowest BCUT2D eigenvalue weighted by atomic mass is 9.88. The van der Waals surface area contributed by atoms with Gasteiger partial charge in [-0.3, -0.25) is 0 Å². The molecule has 1 aromatic rings. The van der Waals surface area contributed by atoms with Crippen molar-refractivity contribution < 1.29 is 19.3 Å². The second kappa shape index (κ2) is 3.52. The van der Waals surface area contributed by atoms with Crippen molar-refractivity contribution >= 4 is 0 Å². The molecule has 4 rings (SSSR count). The summed E-state index contributed by atoms with van der Waals surface area (Å²) in [5.74, 6) is 2.11. The first kappa shape index (κ1) is 10.5. The number of hydrogen-bond acceptors (Lipinski definition) is 5. The van der Waals surface area contributed by atoms with Gasteiger partial charge in [0.2, 0.25) is 6.79 Å². The first-order chi connectivity index (χ1) is 8.76. The average Bonchev–Trinajstić information content (AvgIpc) is 2.96. The average molecular weight is 249 g/mol. The maximum absolute atomic E-state index is 10.3. The van der Waals surface area contributed by atoms with Gasteiger partial charge in [0.25, 0.3) is 0 Å². The molecule has 0 bridgehead atoms. The zero-order valence-corrected chi connectivity index (χ0v) is 9.94. The molecule has 0 aliphatic carbocycles. The van der Waals surface area contributed by atoms with Crippen LogP contribution in [0.3, 0.4) is 0 Å². The first-order valence-corrected chi connectivity index (χ1v) is 6.27. The molecule has 1 spiro atoms. The summed E-state index contributed by atoms with van der Waals surface area (Å²) in [6, 6.07) is 3.66. The Morgan fingerprint density at radius 3 is 2.83 bits per heavy atom. The molecule has 3 aliphatic heterocycles. The minimum Gasteiger partial charge on any atom is -0.485 e. The van der Waals surface area contributed by atoms with Crippen LogP contribution in [0.2, 0.25) is 0 Å². The number of nitrogens with one attached hydrogen (secondary N) is 1. The van der Waals surface area contributed by atoms with Gasteiger partial charge in [-0.15, -0.1) is 0 Å². The van der Waals surface area contributed by atoms with Gasteiger partial charge in [0.05, 0.1) is 6.10 Å². The van der Waals surface area contributed by atoms with E-state index in [4.69, 9.17) is 14.2 Å². The Balaban J connectivity index is 1.77. The number of aliphatic hydroxyl groups is 1. The second-order valence-corrected chi connectivity index (χ2v) is 5.18. The number of benzene rings is 1. The van der Waals surface area contributed by atoms with Crippen molar-refractivity contribution in [3.8, 4) is 17.2 Å². The number of rotatable bonds is 0. The van der Waals surface area contributed by atoms with Crippen LogP contribution in [0.15, 0.2) is 12.1 Å². The minimum absolute atomic E-state index is 0.237. The fourth-order valence-electron chi connectivity index (χ4n) is 3.01. The molecule has 0 saturated carbocycles. The van der Waals surface area contributed by atoms with Gasteiger partial charge in [0, 0.05) is 31.0 Å². The number of fused-ring (bicyclic) bond motifs is 2. The van der Waals surface area contributed by atoms with Crippen LogP contribution in [0.4, 0.5) is 0 Å². The van der Waals surface area contributed by atoms with Crippen LogP contribution in [-0.2, 0) is 0 Å². The van der Waals surface area contributed by atoms with E-state index in [9.17, 15) is 5.11 Å². The van der Waals surface area contributed by atoms with E-state index < -0.39 is 6.10 Å². The zero-order valence-electron chi connectivity index (χ0n) is 9.94. The molecule has 1 aromatic carbocycles. The monoisotopic (exact) mass is 249 g/mol. The standard InChI is InChI=1S/C13H15NO4/c15-9-5-13(1-2-14-6-13)18-10-4-12-11(3-8(9)10)16-7-17-12/h3-4,9,14-15H,1-2,5-7H2. The van der Waals surface area contributed by atoms with Crippen LogP contribution < -0.4 is 19.5 Å². The predicted octanol–water partition coefficient (Wildman–Crippen LogP) is 0.963. The zero-order chi connectivity index (χ0) is 12.2. The van der Waals surface area contributed by atoms with Crippen LogP contribution in [0.25, 0.3) is 0 Å². The Morgan fingerprint density at radius 1 is 1.22 bits per heavy atom. The van der Waals surface area contributed by atoms with Crippen LogP contribution in [0.5, 0.6) is 17.2 Å². The van der Waals surface area contributed by atoms with Crippen LogP contribution in [0, 0.1) is 0 Å². The Bertz CT molecular complexity index is 496. The highest BCUT2D eigenvalue weighted by Gasteiger charge is 2.43. The number of aliphatic hydroxyl groups excluding tert-OH is 1. The fraction of sp³-hybridized carbons (Fsp3) is 0.538. The normalized spacial score (nSPS) is 32.4. The number of ether oxygens (including phenoxy) is 3. The van der Waals surface area contributed by atoms with E-state index in [1.807, 2.05) is 12.1 Å². The van der Waals surface area contributed by atoms with Crippen molar-refractivity contribution in [2.75, 3.05) is 19.9 Å². The minimum atomic E-state index is -0.497. The molecule has 0 amide bonds. The van der Waals surface area contributed by atoms with E-state index in [0.29, 0.717) is 17.9 Å². The van der Waals surface area contributed by atoms with Gasteiger partial charge in [-0.05, 0) is 12.6 Å². The third kappa shape index (κ3) is 1.41. The summed E-state index contributed by atoms with van der Waals surface area (Å²) in [5, 5.41) is 13.6. The van der Waals surface area contributed by atoms with E-state index in [1.165, 1.54) is 0 Å². The van der Waals surface area contributed by atoms with Crippen molar-refractivity contribution in [3.05, 3.63) is 17.7 Å². The lowest BCUT2D eigenvalue weighted by Gasteiger charge is -2.37. The molecule has 0 radical (unpaired) electrons. The Morgan fingerprint density at radius 2 is 2.06 bits per heavy atom.